The fourth-order valence-corrected chi connectivity index (χ4v) is 2.43. The predicted octanol–water partition coefficient (Wildman–Crippen LogP) is 4.16. The maximum Gasteiger partial charge on any atom is 0.277 e. The second-order valence-electron chi connectivity index (χ2n) is 5.27. The van der Waals surface area contributed by atoms with Gasteiger partial charge in [0.05, 0.1) is 7.11 Å². The number of nitrogens with one attached hydrogen (secondary N) is 1. The molecule has 24 heavy (non-hydrogen) atoms. The van der Waals surface area contributed by atoms with E-state index >= 15 is 0 Å². The Morgan fingerprint density at radius 2 is 2.00 bits per heavy atom. The molecular weight excluding hydrogens is 304 g/mol. The lowest BCUT2D eigenvalue weighted by Gasteiger charge is -2.07. The van der Waals surface area contributed by atoms with Gasteiger partial charge < -0.3 is 14.6 Å². The van der Waals surface area contributed by atoms with E-state index in [-0.39, 0.29) is 11.6 Å². The molecule has 1 heterocycles. The van der Waals surface area contributed by atoms with Gasteiger partial charge in [-0.2, -0.15) is 0 Å². The summed E-state index contributed by atoms with van der Waals surface area (Å²) < 4.78 is 10.5. The van der Waals surface area contributed by atoms with E-state index in [2.05, 4.69) is 10.5 Å². The zero-order chi connectivity index (χ0) is 16.9. The molecule has 5 nitrogen and oxygen atoms in total. The molecule has 0 fully saturated rings. The molecule has 1 N–H and O–H groups in total. The monoisotopic (exact) mass is 322 g/mol. The van der Waals surface area contributed by atoms with Crippen molar-refractivity contribution in [1.82, 2.24) is 5.16 Å². The number of nitrogens with zero attached hydrogens (tertiary/aromatic N) is 1. The van der Waals surface area contributed by atoms with Gasteiger partial charge >= 0.3 is 0 Å². The molecule has 1 amide bonds. The summed E-state index contributed by atoms with van der Waals surface area (Å²) in [5.41, 5.74) is 2.90. The Balaban J connectivity index is 1.81. The molecule has 0 unspecified atom stereocenters. The van der Waals surface area contributed by atoms with Gasteiger partial charge in [-0.05, 0) is 30.2 Å². The first-order valence-corrected chi connectivity index (χ1v) is 7.71. The van der Waals surface area contributed by atoms with Crippen LogP contribution >= 0.6 is 0 Å². The van der Waals surface area contributed by atoms with Gasteiger partial charge in [-0.15, -0.1) is 0 Å². The molecule has 0 bridgehead atoms. The van der Waals surface area contributed by atoms with Crippen molar-refractivity contribution in [2.45, 2.75) is 13.3 Å². The molecule has 5 heteroatoms. The van der Waals surface area contributed by atoms with Crippen LogP contribution in [-0.4, -0.2) is 18.2 Å². The van der Waals surface area contributed by atoms with Crippen LogP contribution in [0.4, 0.5) is 5.69 Å². The highest BCUT2D eigenvalue weighted by atomic mass is 16.5. The summed E-state index contributed by atoms with van der Waals surface area (Å²) in [7, 11) is 1.60. The Kier molecular flexibility index (Phi) is 4.61. The molecule has 0 saturated heterocycles. The number of ether oxygens (including phenoxy) is 1. The molecule has 122 valence electrons. The number of methoxy groups -OCH3 is 1. The lowest BCUT2D eigenvalue weighted by atomic mass is 10.1. The number of hydrogen-bond donors (Lipinski definition) is 1. The number of aromatic nitrogens is 1. The van der Waals surface area contributed by atoms with Gasteiger partial charge in [0.1, 0.15) is 5.75 Å². The SMILES string of the molecule is CCc1ccccc1NC(=O)c1cc(-c2cccc(OC)c2)on1. The van der Waals surface area contributed by atoms with Crippen LogP contribution in [0.3, 0.4) is 0 Å². The van der Waals surface area contributed by atoms with Crippen molar-refractivity contribution in [3.05, 3.63) is 65.9 Å². The van der Waals surface area contributed by atoms with Crippen LogP contribution in [0, 0.1) is 0 Å². The zero-order valence-corrected chi connectivity index (χ0v) is 13.6. The second kappa shape index (κ2) is 7.00. The second-order valence-corrected chi connectivity index (χ2v) is 5.27. The lowest BCUT2D eigenvalue weighted by Crippen LogP contribution is -2.13. The number of amides is 1. The summed E-state index contributed by atoms with van der Waals surface area (Å²) in [6.07, 6.45) is 0.838. The van der Waals surface area contributed by atoms with Gasteiger partial charge in [-0.3, -0.25) is 4.79 Å². The standard InChI is InChI=1S/C19H18N2O3/c1-3-13-7-4-5-10-16(13)20-19(22)17-12-18(24-21-17)14-8-6-9-15(11-14)23-2/h4-12H,3H2,1-2H3,(H,20,22). The molecule has 3 aromatic rings. The van der Waals surface area contributed by atoms with Crippen LogP contribution in [0.25, 0.3) is 11.3 Å². The largest absolute Gasteiger partial charge is 0.497 e. The van der Waals surface area contributed by atoms with E-state index in [0.717, 1.165) is 23.2 Å². The lowest BCUT2D eigenvalue weighted by molar-refractivity contribution is 0.101. The Labute approximate surface area is 140 Å². The first-order valence-electron chi connectivity index (χ1n) is 7.71. The number of para-hydroxylation sites is 1. The maximum absolute atomic E-state index is 12.4. The predicted molar refractivity (Wildman–Crippen MR) is 92.3 cm³/mol. The summed E-state index contributed by atoms with van der Waals surface area (Å²) in [4.78, 5) is 12.4. The molecule has 0 atom stereocenters. The Bertz CT molecular complexity index is 855. The number of benzene rings is 2. The van der Waals surface area contributed by atoms with Crippen LogP contribution in [0.2, 0.25) is 0 Å². The van der Waals surface area contributed by atoms with Gasteiger partial charge in [0.25, 0.3) is 5.91 Å². The summed E-state index contributed by atoms with van der Waals surface area (Å²) in [6.45, 7) is 2.04. The minimum absolute atomic E-state index is 0.235. The first-order chi connectivity index (χ1) is 11.7. The average molecular weight is 322 g/mol. The Morgan fingerprint density at radius 1 is 1.17 bits per heavy atom. The third-order valence-electron chi connectivity index (χ3n) is 3.74. The molecule has 0 radical (unpaired) electrons. The van der Waals surface area contributed by atoms with E-state index in [0.29, 0.717) is 11.5 Å². The van der Waals surface area contributed by atoms with Gasteiger partial charge in [-0.25, -0.2) is 0 Å². The molecule has 2 aromatic carbocycles. The van der Waals surface area contributed by atoms with E-state index in [9.17, 15) is 4.79 Å². The van der Waals surface area contributed by atoms with Crippen molar-refractivity contribution in [1.29, 1.82) is 0 Å². The Morgan fingerprint density at radius 3 is 2.79 bits per heavy atom. The normalized spacial score (nSPS) is 10.4. The molecule has 1 aromatic heterocycles. The minimum atomic E-state index is -0.297. The summed E-state index contributed by atoms with van der Waals surface area (Å²) >= 11 is 0. The van der Waals surface area contributed by atoms with Crippen molar-refractivity contribution in [3.8, 4) is 17.1 Å². The van der Waals surface area contributed by atoms with Gasteiger partial charge in [0.2, 0.25) is 0 Å². The van der Waals surface area contributed by atoms with Crippen molar-refractivity contribution in [3.63, 3.8) is 0 Å². The van der Waals surface area contributed by atoms with Crippen LogP contribution in [0.15, 0.2) is 59.1 Å². The number of rotatable bonds is 5. The fourth-order valence-electron chi connectivity index (χ4n) is 2.43. The molecule has 0 aliphatic heterocycles. The molecule has 0 spiro atoms. The van der Waals surface area contributed by atoms with Crippen molar-refractivity contribution < 1.29 is 14.1 Å². The number of hydrogen-bond acceptors (Lipinski definition) is 4. The van der Waals surface area contributed by atoms with E-state index in [1.165, 1.54) is 0 Å². The van der Waals surface area contributed by atoms with Crippen molar-refractivity contribution in [2.75, 3.05) is 12.4 Å². The molecule has 0 aliphatic carbocycles. The third kappa shape index (κ3) is 3.30. The molecule has 0 aliphatic rings. The highest BCUT2D eigenvalue weighted by molar-refractivity contribution is 6.03. The number of aryl methyl sites for hydroxylation is 1. The summed E-state index contributed by atoms with van der Waals surface area (Å²) in [5, 5.41) is 6.75. The van der Waals surface area contributed by atoms with Gasteiger partial charge in [-0.1, -0.05) is 42.4 Å². The number of anilines is 1. The minimum Gasteiger partial charge on any atom is -0.497 e. The van der Waals surface area contributed by atoms with Crippen LogP contribution in [-0.2, 0) is 6.42 Å². The summed E-state index contributed by atoms with van der Waals surface area (Å²) in [6, 6.07) is 16.7. The Hall–Kier alpha value is -3.08. The fraction of sp³-hybridized carbons (Fsp3) is 0.158. The van der Waals surface area contributed by atoms with Crippen LogP contribution in [0.5, 0.6) is 5.75 Å². The van der Waals surface area contributed by atoms with Crippen LogP contribution in [0.1, 0.15) is 23.0 Å². The molecule has 0 saturated carbocycles. The van der Waals surface area contributed by atoms with Crippen molar-refractivity contribution in [2.24, 2.45) is 0 Å². The van der Waals surface area contributed by atoms with Gasteiger partial charge in [0.15, 0.2) is 11.5 Å². The van der Waals surface area contributed by atoms with E-state index in [4.69, 9.17) is 9.26 Å². The van der Waals surface area contributed by atoms with Crippen molar-refractivity contribution >= 4 is 11.6 Å². The van der Waals surface area contributed by atoms with E-state index < -0.39 is 0 Å². The van der Waals surface area contributed by atoms with E-state index in [1.54, 1.807) is 13.2 Å². The number of carbonyl (C=O) groups excluding carboxylic acids is 1. The van der Waals surface area contributed by atoms with Gasteiger partial charge in [0, 0.05) is 17.3 Å². The average Bonchev–Trinajstić information content (AvgIpc) is 3.12. The quantitative estimate of drug-likeness (QED) is 0.766. The molecule has 3 rings (SSSR count). The molecular formula is C19H18N2O3. The number of carbonyl (C=O) groups is 1. The maximum atomic E-state index is 12.4. The van der Waals surface area contributed by atoms with Crippen LogP contribution < -0.4 is 10.1 Å². The highest BCUT2D eigenvalue weighted by Crippen LogP contribution is 2.25. The topological polar surface area (TPSA) is 64.4 Å². The third-order valence-corrected chi connectivity index (χ3v) is 3.74. The smallest absolute Gasteiger partial charge is 0.277 e. The highest BCUT2D eigenvalue weighted by Gasteiger charge is 2.15. The first kappa shape index (κ1) is 15.8. The van der Waals surface area contributed by atoms with E-state index in [1.807, 2.05) is 55.5 Å². The zero-order valence-electron chi connectivity index (χ0n) is 13.6. The summed E-state index contributed by atoms with van der Waals surface area (Å²) in [5.74, 6) is 0.934.